The summed E-state index contributed by atoms with van der Waals surface area (Å²) in [6.07, 6.45) is -1.55. The molecule has 0 saturated carbocycles. The van der Waals surface area contributed by atoms with E-state index in [1.54, 1.807) is 34.6 Å². The minimum absolute atomic E-state index is 0.0887. The number of carbonyl (C=O) groups excluding carboxylic acids is 3. The van der Waals surface area contributed by atoms with E-state index in [0.29, 0.717) is 6.42 Å². The molecular weight excluding hydrogens is 697 g/mol. The zero-order valence-corrected chi connectivity index (χ0v) is 33.2. The molecule has 14 heteroatoms. The summed E-state index contributed by atoms with van der Waals surface area (Å²) in [4.78, 5) is 55.4. The molecule has 3 N–H and O–H groups in total. The van der Waals surface area contributed by atoms with Crippen LogP contribution in [0.5, 0.6) is 0 Å². The van der Waals surface area contributed by atoms with Crippen molar-refractivity contribution >= 4 is 42.5 Å². The van der Waals surface area contributed by atoms with Crippen molar-refractivity contribution in [2.24, 2.45) is 11.8 Å². The first-order chi connectivity index (χ1) is 24.8. The maximum absolute atomic E-state index is 13.3. The second-order valence-electron chi connectivity index (χ2n) is 15.7. The lowest BCUT2D eigenvalue weighted by Crippen LogP contribution is -2.67. The normalized spacial score (nSPS) is 18.9. The fraction of sp³-hybridized carbons (Fsp3) is 0.513. The number of nitrogens with one attached hydrogen (secondary N) is 1. The smallest absolute Gasteiger partial charge is 0.408 e. The van der Waals surface area contributed by atoms with Crippen molar-refractivity contribution < 1.29 is 37.8 Å². The second kappa shape index (κ2) is 17.1. The van der Waals surface area contributed by atoms with Gasteiger partial charge in [-0.3, -0.25) is 4.57 Å². The van der Waals surface area contributed by atoms with E-state index in [2.05, 4.69) is 55.3 Å². The summed E-state index contributed by atoms with van der Waals surface area (Å²) >= 11 is 0. The van der Waals surface area contributed by atoms with Crippen molar-refractivity contribution in [2.45, 2.75) is 104 Å². The van der Waals surface area contributed by atoms with Crippen molar-refractivity contribution in [3.8, 4) is 0 Å². The molecule has 1 aliphatic rings. The minimum atomic E-state index is -2.97. The molecule has 0 radical (unpaired) electrons. The lowest BCUT2D eigenvalue weighted by atomic mass is 10.0. The Morgan fingerprint density at radius 3 is 2.02 bits per heavy atom. The van der Waals surface area contributed by atoms with Crippen LogP contribution in [0.3, 0.4) is 0 Å². The summed E-state index contributed by atoms with van der Waals surface area (Å²) in [7, 11) is -2.97. The number of nitrogens with two attached hydrogens (primary N) is 1. The van der Waals surface area contributed by atoms with Crippen LogP contribution in [0.25, 0.3) is 0 Å². The number of hydrogen-bond acceptors (Lipinski definition) is 11. The predicted molar refractivity (Wildman–Crippen MR) is 203 cm³/mol. The van der Waals surface area contributed by atoms with Crippen LogP contribution < -0.4 is 27.1 Å². The molecular formula is C39H54N4O9Si. The summed E-state index contributed by atoms with van der Waals surface area (Å²) < 4.78 is 31.5. The molecule has 3 aromatic rings. The summed E-state index contributed by atoms with van der Waals surface area (Å²) in [5, 5.41) is 4.40. The van der Waals surface area contributed by atoms with Crippen LogP contribution in [0.15, 0.2) is 77.7 Å². The molecule has 1 aliphatic heterocycles. The van der Waals surface area contributed by atoms with E-state index >= 15 is 0 Å². The molecule has 0 aliphatic carbocycles. The average Bonchev–Trinajstić information content (AvgIpc) is 3.48. The SMILES string of the molecule is CC(OC(=O)C(NC(=O)OC(C)(C)C)C(C)C)C(=O)OCC1CC(n2ccc(N)nc2=O)OC1CO[Si](c1ccccc1)(c1ccccc1)C(C)(C)C. The van der Waals surface area contributed by atoms with Gasteiger partial charge in [0.2, 0.25) is 0 Å². The standard InChI is InChI=1S/C39H54N4O9Si/c1-25(2)33(42-37(47)52-38(4,5)6)35(45)50-26(3)34(44)48-23-27-22-32(43-21-20-31(40)41-36(43)46)51-30(27)24-49-53(39(7,8)9,28-16-12-10-13-17-28)29-18-14-11-15-19-29/h10-21,25-27,30,32-33H,22-24H2,1-9H3,(H,42,47)(H2,40,41,46). The van der Waals surface area contributed by atoms with Gasteiger partial charge in [-0.25, -0.2) is 19.2 Å². The first kappa shape index (κ1) is 41.2. The number of alkyl carbamates (subject to hydrolysis) is 1. The van der Waals surface area contributed by atoms with Crippen molar-refractivity contribution in [3.63, 3.8) is 0 Å². The number of rotatable bonds is 13. The Labute approximate surface area is 312 Å². The fourth-order valence-corrected chi connectivity index (χ4v) is 11.0. The van der Waals surface area contributed by atoms with Gasteiger partial charge in [-0.15, -0.1) is 0 Å². The van der Waals surface area contributed by atoms with Gasteiger partial charge in [-0.2, -0.15) is 4.98 Å². The predicted octanol–water partition coefficient (Wildman–Crippen LogP) is 4.33. The Morgan fingerprint density at radius 1 is 0.925 bits per heavy atom. The highest BCUT2D eigenvalue weighted by molar-refractivity contribution is 6.99. The quantitative estimate of drug-likeness (QED) is 0.145. The van der Waals surface area contributed by atoms with Gasteiger partial charge in [-0.05, 0) is 55.1 Å². The van der Waals surface area contributed by atoms with Gasteiger partial charge in [-0.1, -0.05) is 95.3 Å². The molecule has 1 fully saturated rings. The molecule has 5 atom stereocenters. The van der Waals surface area contributed by atoms with Gasteiger partial charge in [0.25, 0.3) is 8.32 Å². The van der Waals surface area contributed by atoms with Crippen molar-refractivity contribution in [1.29, 1.82) is 0 Å². The minimum Gasteiger partial charge on any atom is -0.463 e. The van der Waals surface area contributed by atoms with Gasteiger partial charge < -0.3 is 34.4 Å². The Hall–Kier alpha value is -4.53. The number of aromatic nitrogens is 2. The van der Waals surface area contributed by atoms with E-state index in [0.717, 1.165) is 10.4 Å². The van der Waals surface area contributed by atoms with Crippen LogP contribution in [0, 0.1) is 11.8 Å². The van der Waals surface area contributed by atoms with Crippen LogP contribution in [0.4, 0.5) is 10.6 Å². The third-order valence-corrected chi connectivity index (χ3v) is 14.1. The maximum Gasteiger partial charge on any atom is 0.408 e. The Bertz CT molecular complexity index is 1720. The first-order valence-electron chi connectivity index (χ1n) is 17.9. The molecule has 0 bridgehead atoms. The molecule has 1 amide bonds. The molecule has 2 heterocycles. The van der Waals surface area contributed by atoms with Crippen LogP contribution >= 0.6 is 0 Å². The Morgan fingerprint density at radius 2 is 1.51 bits per heavy atom. The zero-order valence-electron chi connectivity index (χ0n) is 32.2. The van der Waals surface area contributed by atoms with E-state index in [1.807, 2.05) is 36.4 Å². The molecule has 0 spiro atoms. The topological polar surface area (TPSA) is 170 Å². The number of carbonyl (C=O) groups is 3. The number of amides is 1. The van der Waals surface area contributed by atoms with E-state index in [-0.39, 0.29) is 30.0 Å². The number of hydrogen-bond donors (Lipinski definition) is 2. The zero-order chi connectivity index (χ0) is 39.1. The maximum atomic E-state index is 13.3. The number of anilines is 1. The molecule has 288 valence electrons. The number of nitrogen functional groups attached to an aromatic ring is 1. The highest BCUT2D eigenvalue weighted by atomic mass is 28.4. The molecule has 1 saturated heterocycles. The van der Waals surface area contributed by atoms with Crippen molar-refractivity contribution in [1.82, 2.24) is 14.9 Å². The monoisotopic (exact) mass is 750 g/mol. The molecule has 1 aromatic heterocycles. The fourth-order valence-electron chi connectivity index (χ4n) is 6.46. The Kier molecular flexibility index (Phi) is 13.3. The average molecular weight is 751 g/mol. The van der Waals surface area contributed by atoms with E-state index in [1.165, 1.54) is 23.8 Å². The third-order valence-electron chi connectivity index (χ3n) is 9.06. The lowest BCUT2D eigenvalue weighted by molar-refractivity contribution is -0.169. The largest absolute Gasteiger partial charge is 0.463 e. The van der Waals surface area contributed by atoms with Crippen LogP contribution in [0.1, 0.15) is 75.0 Å². The van der Waals surface area contributed by atoms with Crippen LogP contribution in [-0.2, 0) is 33.0 Å². The van der Waals surface area contributed by atoms with Gasteiger partial charge >= 0.3 is 23.7 Å². The van der Waals surface area contributed by atoms with Crippen LogP contribution in [0.2, 0.25) is 5.04 Å². The number of nitrogens with zero attached hydrogens (tertiary/aromatic N) is 2. The molecule has 53 heavy (non-hydrogen) atoms. The molecule has 2 aromatic carbocycles. The second-order valence-corrected chi connectivity index (χ2v) is 20.0. The Balaban J connectivity index is 1.55. The van der Waals surface area contributed by atoms with E-state index in [4.69, 9.17) is 29.1 Å². The highest BCUT2D eigenvalue weighted by Crippen LogP contribution is 2.39. The molecule has 5 unspecified atom stereocenters. The van der Waals surface area contributed by atoms with Crippen molar-refractivity contribution in [2.75, 3.05) is 18.9 Å². The first-order valence-corrected chi connectivity index (χ1v) is 19.8. The number of esters is 2. The number of benzene rings is 2. The van der Waals surface area contributed by atoms with Crippen LogP contribution in [-0.4, -0.2) is 73.0 Å². The van der Waals surface area contributed by atoms with Crippen molar-refractivity contribution in [3.05, 3.63) is 83.4 Å². The summed E-state index contributed by atoms with van der Waals surface area (Å²) in [5.41, 5.74) is 4.42. The number of ether oxygens (including phenoxy) is 4. The summed E-state index contributed by atoms with van der Waals surface area (Å²) in [6.45, 7) is 16.6. The van der Waals surface area contributed by atoms with Gasteiger partial charge in [0.1, 0.15) is 23.7 Å². The molecule has 4 rings (SSSR count). The van der Waals surface area contributed by atoms with Gasteiger partial charge in [0, 0.05) is 18.5 Å². The van der Waals surface area contributed by atoms with Gasteiger partial charge in [0.05, 0.1) is 19.3 Å². The summed E-state index contributed by atoms with van der Waals surface area (Å²) in [5.74, 6) is -2.25. The summed E-state index contributed by atoms with van der Waals surface area (Å²) in [6, 6.07) is 20.8. The van der Waals surface area contributed by atoms with Gasteiger partial charge in [0.15, 0.2) is 6.10 Å². The van der Waals surface area contributed by atoms with E-state index < -0.39 is 68.0 Å². The lowest BCUT2D eigenvalue weighted by Gasteiger charge is -2.43. The van der Waals surface area contributed by atoms with E-state index in [9.17, 15) is 19.2 Å². The molecule has 13 nitrogen and oxygen atoms in total. The highest BCUT2D eigenvalue weighted by Gasteiger charge is 2.51. The third kappa shape index (κ3) is 10.3.